The molecule has 1 saturated heterocycles. The van der Waals surface area contributed by atoms with Crippen LogP contribution >= 0.6 is 0 Å². The fraction of sp³-hybridized carbons (Fsp3) is 0.478. The highest BCUT2D eigenvalue weighted by molar-refractivity contribution is 5.83. The lowest BCUT2D eigenvalue weighted by Crippen LogP contribution is -2.27. The van der Waals surface area contributed by atoms with Crippen LogP contribution in [-0.2, 0) is 13.6 Å². The molecule has 1 aliphatic heterocycles. The Morgan fingerprint density at radius 2 is 1.79 bits per heavy atom. The van der Waals surface area contributed by atoms with Crippen molar-refractivity contribution in [2.24, 2.45) is 7.05 Å². The van der Waals surface area contributed by atoms with Crippen molar-refractivity contribution in [3.8, 4) is 11.4 Å². The highest BCUT2D eigenvalue weighted by Crippen LogP contribution is 2.25. The van der Waals surface area contributed by atoms with E-state index in [1.54, 1.807) is 0 Å². The molecule has 3 aromatic rings. The van der Waals surface area contributed by atoms with Crippen LogP contribution in [0.3, 0.4) is 0 Å². The summed E-state index contributed by atoms with van der Waals surface area (Å²) in [5.74, 6) is 0.667. The number of fused-ring (bicyclic) bond motifs is 1. The van der Waals surface area contributed by atoms with E-state index in [2.05, 4.69) is 22.0 Å². The fourth-order valence-electron chi connectivity index (χ4n) is 4.15. The van der Waals surface area contributed by atoms with Crippen molar-refractivity contribution in [2.75, 3.05) is 13.1 Å². The van der Waals surface area contributed by atoms with E-state index in [1.807, 2.05) is 37.6 Å². The summed E-state index contributed by atoms with van der Waals surface area (Å²) in [5, 5.41) is 0.956. The highest BCUT2D eigenvalue weighted by atomic mass is 16.4. The fourth-order valence-corrected chi connectivity index (χ4v) is 4.15. The number of aromatic nitrogens is 2. The molecule has 0 saturated carbocycles. The van der Waals surface area contributed by atoms with Crippen molar-refractivity contribution in [1.82, 2.24) is 14.5 Å². The van der Waals surface area contributed by atoms with Crippen LogP contribution < -0.4 is 5.63 Å². The normalized spacial score (nSPS) is 16.2. The van der Waals surface area contributed by atoms with Crippen LogP contribution in [0.5, 0.6) is 0 Å². The Bertz CT molecular complexity index is 1040. The number of nitrogens with zero attached hydrogens (tertiary/aromatic N) is 3. The molecule has 1 aromatic carbocycles. The average Bonchev–Trinajstić information content (AvgIpc) is 2.91. The van der Waals surface area contributed by atoms with E-state index in [9.17, 15) is 4.79 Å². The first-order valence-corrected chi connectivity index (χ1v) is 10.3. The van der Waals surface area contributed by atoms with Crippen LogP contribution in [0.1, 0.15) is 49.1 Å². The Morgan fingerprint density at radius 3 is 2.46 bits per heavy atom. The second-order valence-corrected chi connectivity index (χ2v) is 7.99. The number of benzene rings is 1. The predicted octanol–water partition coefficient (Wildman–Crippen LogP) is 4.58. The van der Waals surface area contributed by atoms with Crippen LogP contribution in [0.25, 0.3) is 22.4 Å². The molecule has 3 heterocycles. The maximum Gasteiger partial charge on any atom is 0.347 e. The standard InChI is InChI=1S/C23H29N3O2/c1-16-17(2)25(3)22(24-16)20-14-18-10-9-11-19(21(18)28-23(20)27)15-26-12-7-5-4-6-8-13-26/h9-11,14H,4-8,12-13,15H2,1-3H3. The molecule has 0 radical (unpaired) electrons. The van der Waals surface area contributed by atoms with E-state index >= 15 is 0 Å². The van der Waals surface area contributed by atoms with Crippen LogP contribution in [0.15, 0.2) is 33.5 Å². The summed E-state index contributed by atoms with van der Waals surface area (Å²) < 4.78 is 7.80. The number of rotatable bonds is 3. The van der Waals surface area contributed by atoms with Gasteiger partial charge in [0.15, 0.2) is 0 Å². The third-order valence-electron chi connectivity index (χ3n) is 6.04. The number of hydrogen-bond donors (Lipinski definition) is 0. The van der Waals surface area contributed by atoms with Gasteiger partial charge in [-0.1, -0.05) is 37.5 Å². The van der Waals surface area contributed by atoms with E-state index in [0.29, 0.717) is 17.0 Å². The number of aryl methyl sites for hydroxylation is 1. The molecule has 28 heavy (non-hydrogen) atoms. The summed E-state index contributed by atoms with van der Waals surface area (Å²) in [7, 11) is 1.94. The van der Waals surface area contributed by atoms with Crippen LogP contribution in [-0.4, -0.2) is 27.5 Å². The quantitative estimate of drug-likeness (QED) is 0.625. The third-order valence-corrected chi connectivity index (χ3v) is 6.04. The van der Waals surface area contributed by atoms with E-state index in [1.165, 1.54) is 32.1 Å². The molecule has 0 aliphatic carbocycles. The van der Waals surface area contributed by atoms with Gasteiger partial charge in [-0.05, 0) is 45.8 Å². The molecule has 148 valence electrons. The maximum atomic E-state index is 12.8. The van der Waals surface area contributed by atoms with Gasteiger partial charge >= 0.3 is 5.63 Å². The van der Waals surface area contributed by atoms with Crippen molar-refractivity contribution in [3.63, 3.8) is 0 Å². The first kappa shape index (κ1) is 18.9. The number of hydrogen-bond acceptors (Lipinski definition) is 4. The molecule has 1 fully saturated rings. The minimum atomic E-state index is -0.319. The van der Waals surface area contributed by atoms with Crippen LogP contribution in [0, 0.1) is 13.8 Å². The second-order valence-electron chi connectivity index (χ2n) is 7.99. The molecule has 5 nitrogen and oxygen atoms in total. The summed E-state index contributed by atoms with van der Waals surface area (Å²) in [5.41, 5.74) is 3.99. The smallest absolute Gasteiger partial charge is 0.347 e. The number of likely N-dealkylation sites (tertiary alicyclic amines) is 1. The van der Waals surface area contributed by atoms with Crippen molar-refractivity contribution in [3.05, 3.63) is 51.6 Å². The average molecular weight is 380 g/mol. The topological polar surface area (TPSA) is 51.3 Å². The van der Waals surface area contributed by atoms with Gasteiger partial charge in [0.25, 0.3) is 0 Å². The molecular formula is C23H29N3O2. The SMILES string of the molecule is Cc1nc(-c2cc3cccc(CN4CCCCCCC4)c3oc2=O)n(C)c1C. The zero-order chi connectivity index (χ0) is 19.7. The Morgan fingerprint density at radius 1 is 1.07 bits per heavy atom. The Kier molecular flexibility index (Phi) is 5.36. The van der Waals surface area contributed by atoms with Crippen molar-refractivity contribution >= 4 is 11.0 Å². The Hall–Kier alpha value is -2.40. The summed E-state index contributed by atoms with van der Waals surface area (Å²) in [6.07, 6.45) is 6.47. The van der Waals surface area contributed by atoms with Gasteiger partial charge in [-0.25, -0.2) is 9.78 Å². The van der Waals surface area contributed by atoms with Crippen molar-refractivity contribution < 1.29 is 4.42 Å². The second kappa shape index (κ2) is 7.92. The summed E-state index contributed by atoms with van der Waals surface area (Å²) in [4.78, 5) is 19.9. The summed E-state index contributed by atoms with van der Waals surface area (Å²) in [6, 6.07) is 8.08. The van der Waals surface area contributed by atoms with E-state index in [4.69, 9.17) is 4.42 Å². The lowest BCUT2D eigenvalue weighted by molar-refractivity contribution is 0.239. The van der Waals surface area contributed by atoms with Gasteiger partial charge in [-0.15, -0.1) is 0 Å². The number of para-hydroxylation sites is 1. The molecular weight excluding hydrogens is 350 g/mol. The van der Waals surface area contributed by atoms with Gasteiger partial charge in [0.2, 0.25) is 0 Å². The Balaban J connectivity index is 1.71. The van der Waals surface area contributed by atoms with Crippen molar-refractivity contribution in [1.29, 1.82) is 0 Å². The van der Waals surface area contributed by atoms with Gasteiger partial charge in [0.05, 0.1) is 5.69 Å². The van der Waals surface area contributed by atoms with E-state index < -0.39 is 0 Å². The minimum absolute atomic E-state index is 0.319. The van der Waals surface area contributed by atoms with E-state index in [-0.39, 0.29) is 5.63 Å². The van der Waals surface area contributed by atoms with Gasteiger partial charge in [0.1, 0.15) is 17.0 Å². The highest BCUT2D eigenvalue weighted by Gasteiger charge is 2.17. The van der Waals surface area contributed by atoms with Gasteiger partial charge in [0, 0.05) is 30.2 Å². The van der Waals surface area contributed by atoms with Crippen LogP contribution in [0.2, 0.25) is 0 Å². The summed E-state index contributed by atoms with van der Waals surface area (Å²) >= 11 is 0. The molecule has 1 aliphatic rings. The largest absolute Gasteiger partial charge is 0.422 e. The molecule has 0 atom stereocenters. The van der Waals surface area contributed by atoms with Gasteiger partial charge in [-0.2, -0.15) is 0 Å². The molecule has 0 N–H and O–H groups in total. The first-order valence-electron chi connectivity index (χ1n) is 10.3. The monoisotopic (exact) mass is 379 g/mol. The molecule has 0 unspecified atom stereocenters. The lowest BCUT2D eigenvalue weighted by atomic mass is 10.1. The third kappa shape index (κ3) is 3.63. The summed E-state index contributed by atoms with van der Waals surface area (Å²) in [6.45, 7) is 7.04. The first-order chi connectivity index (χ1) is 13.5. The zero-order valence-electron chi connectivity index (χ0n) is 17.1. The zero-order valence-corrected chi connectivity index (χ0v) is 17.1. The number of imidazole rings is 1. The minimum Gasteiger partial charge on any atom is -0.422 e. The molecule has 0 amide bonds. The molecule has 0 spiro atoms. The molecule has 5 heteroatoms. The Labute approximate surface area is 166 Å². The molecule has 4 rings (SSSR count). The molecule has 2 aromatic heterocycles. The van der Waals surface area contributed by atoms with Crippen molar-refractivity contribution in [2.45, 2.75) is 52.5 Å². The van der Waals surface area contributed by atoms with Crippen LogP contribution in [0.4, 0.5) is 0 Å². The van der Waals surface area contributed by atoms with E-state index in [0.717, 1.165) is 42.0 Å². The maximum absolute atomic E-state index is 12.8. The lowest BCUT2D eigenvalue weighted by Gasteiger charge is -2.24. The molecule has 0 bridgehead atoms. The van der Waals surface area contributed by atoms with Gasteiger partial charge < -0.3 is 8.98 Å². The predicted molar refractivity (Wildman–Crippen MR) is 113 cm³/mol. The van der Waals surface area contributed by atoms with Gasteiger partial charge in [-0.3, -0.25) is 4.90 Å².